The Morgan fingerprint density at radius 1 is 1.15 bits per heavy atom. The van der Waals surface area contributed by atoms with Gasteiger partial charge >= 0.3 is 0 Å². The number of nitrogens with one attached hydrogen (secondary N) is 1. The third-order valence-corrected chi connectivity index (χ3v) is 5.88. The molecule has 2 rings (SSSR count). The predicted octanol–water partition coefficient (Wildman–Crippen LogP) is 2.92. The van der Waals surface area contributed by atoms with Gasteiger partial charge in [0.05, 0.1) is 10.5 Å². The van der Waals surface area contributed by atoms with Gasteiger partial charge in [-0.3, -0.25) is 9.59 Å². The van der Waals surface area contributed by atoms with Crippen molar-refractivity contribution >= 4 is 43.3 Å². The van der Waals surface area contributed by atoms with Crippen LogP contribution in [0.3, 0.4) is 0 Å². The van der Waals surface area contributed by atoms with Gasteiger partial charge in [-0.2, -0.15) is 0 Å². The molecular weight excluding hydrogens is 436 g/mol. The van der Waals surface area contributed by atoms with E-state index < -0.39 is 15.9 Å². The van der Waals surface area contributed by atoms with Crippen molar-refractivity contribution in [2.24, 2.45) is 0 Å². The summed E-state index contributed by atoms with van der Waals surface area (Å²) < 4.78 is 31.6. The summed E-state index contributed by atoms with van der Waals surface area (Å²) in [5.41, 5.74) is 0.686. The highest BCUT2D eigenvalue weighted by molar-refractivity contribution is 9.10. The van der Waals surface area contributed by atoms with Crippen molar-refractivity contribution in [3.8, 4) is 5.75 Å². The molecule has 0 aliphatic carbocycles. The minimum Gasteiger partial charge on any atom is -0.483 e. The minimum absolute atomic E-state index is 0.0676. The molecule has 0 aromatic heterocycles. The molecule has 0 spiro atoms. The normalized spacial score (nSPS) is 11.3. The Hall–Kier alpha value is -2.23. The second-order valence-electron chi connectivity index (χ2n) is 5.85. The number of carbonyl (C=O) groups is 2. The number of Topliss-reactive ketones (excluding diaryl/α,β-unsaturated/α-hetero) is 1. The number of ketones is 1. The molecule has 1 amide bonds. The number of nitrogens with zero attached hydrogens (tertiary/aromatic N) is 1. The second-order valence-corrected chi connectivity index (χ2v) is 8.92. The van der Waals surface area contributed by atoms with Crippen molar-refractivity contribution in [2.75, 3.05) is 26.0 Å². The summed E-state index contributed by atoms with van der Waals surface area (Å²) in [5, 5.41) is 2.58. The Kier molecular flexibility index (Phi) is 6.74. The van der Waals surface area contributed by atoms with Crippen molar-refractivity contribution in [3.63, 3.8) is 0 Å². The van der Waals surface area contributed by atoms with Gasteiger partial charge < -0.3 is 10.1 Å². The molecule has 2 aromatic rings. The number of ether oxygens (including phenoxy) is 1. The van der Waals surface area contributed by atoms with Gasteiger partial charge in [0.1, 0.15) is 5.75 Å². The topological polar surface area (TPSA) is 92.8 Å². The molecule has 9 heteroatoms. The highest BCUT2D eigenvalue weighted by atomic mass is 79.9. The SMILES string of the molecule is CC(=O)c1cc(Br)ccc1OCC(=O)Nc1cccc(S(=O)(=O)N(C)C)c1. The van der Waals surface area contributed by atoms with Crippen LogP contribution < -0.4 is 10.1 Å². The van der Waals surface area contributed by atoms with Gasteiger partial charge in [0.15, 0.2) is 12.4 Å². The van der Waals surface area contributed by atoms with E-state index >= 15 is 0 Å². The number of amides is 1. The first-order chi connectivity index (χ1) is 12.6. The largest absolute Gasteiger partial charge is 0.483 e. The van der Waals surface area contributed by atoms with Crippen LogP contribution in [0.25, 0.3) is 0 Å². The maximum Gasteiger partial charge on any atom is 0.262 e. The van der Waals surface area contributed by atoms with Crippen LogP contribution in [0.5, 0.6) is 5.75 Å². The van der Waals surface area contributed by atoms with E-state index in [1.54, 1.807) is 24.3 Å². The number of anilines is 1. The molecule has 0 unspecified atom stereocenters. The average molecular weight is 455 g/mol. The van der Waals surface area contributed by atoms with Crippen molar-refractivity contribution in [1.29, 1.82) is 0 Å². The van der Waals surface area contributed by atoms with Gasteiger partial charge in [-0.1, -0.05) is 22.0 Å². The van der Waals surface area contributed by atoms with E-state index in [0.29, 0.717) is 17.0 Å². The molecule has 144 valence electrons. The van der Waals surface area contributed by atoms with Crippen molar-refractivity contribution in [1.82, 2.24) is 4.31 Å². The molecule has 0 atom stereocenters. The molecule has 1 N–H and O–H groups in total. The minimum atomic E-state index is -3.60. The molecule has 0 heterocycles. The number of benzene rings is 2. The van der Waals surface area contributed by atoms with Gasteiger partial charge in [0.2, 0.25) is 10.0 Å². The van der Waals surface area contributed by atoms with Gasteiger partial charge in [0, 0.05) is 24.3 Å². The van der Waals surface area contributed by atoms with Crippen LogP contribution >= 0.6 is 15.9 Å². The summed E-state index contributed by atoms with van der Waals surface area (Å²) in [6.45, 7) is 1.08. The maximum absolute atomic E-state index is 12.2. The third-order valence-electron chi connectivity index (χ3n) is 3.58. The zero-order valence-corrected chi connectivity index (χ0v) is 17.4. The van der Waals surface area contributed by atoms with E-state index in [0.717, 1.165) is 8.78 Å². The first-order valence-corrected chi connectivity index (χ1v) is 10.1. The lowest BCUT2D eigenvalue weighted by Crippen LogP contribution is -2.23. The molecule has 27 heavy (non-hydrogen) atoms. The number of hydrogen-bond acceptors (Lipinski definition) is 5. The van der Waals surface area contributed by atoms with E-state index in [2.05, 4.69) is 21.2 Å². The zero-order valence-electron chi connectivity index (χ0n) is 15.0. The summed E-state index contributed by atoms with van der Waals surface area (Å²) in [6.07, 6.45) is 0. The van der Waals surface area contributed by atoms with Crippen LogP contribution in [0, 0.1) is 0 Å². The first kappa shape index (κ1) is 21.1. The number of carbonyl (C=O) groups excluding carboxylic acids is 2. The molecular formula is C18H19BrN2O5S. The fourth-order valence-corrected chi connectivity index (χ4v) is 3.50. The van der Waals surface area contributed by atoms with Crippen LogP contribution in [0.15, 0.2) is 51.8 Å². The summed E-state index contributed by atoms with van der Waals surface area (Å²) in [6, 6.07) is 10.8. The highest BCUT2D eigenvalue weighted by Gasteiger charge is 2.18. The van der Waals surface area contributed by atoms with Gasteiger partial charge in [-0.25, -0.2) is 12.7 Å². The van der Waals surface area contributed by atoms with Crippen molar-refractivity contribution in [2.45, 2.75) is 11.8 Å². The number of hydrogen-bond donors (Lipinski definition) is 1. The highest BCUT2D eigenvalue weighted by Crippen LogP contribution is 2.24. The number of halogens is 1. The summed E-state index contributed by atoms with van der Waals surface area (Å²) in [7, 11) is -0.741. The fourth-order valence-electron chi connectivity index (χ4n) is 2.19. The van der Waals surface area contributed by atoms with Crippen LogP contribution in [-0.2, 0) is 14.8 Å². The van der Waals surface area contributed by atoms with E-state index in [4.69, 9.17) is 4.74 Å². The molecule has 7 nitrogen and oxygen atoms in total. The van der Waals surface area contributed by atoms with Gasteiger partial charge in [0.25, 0.3) is 5.91 Å². The Bertz CT molecular complexity index is 973. The smallest absolute Gasteiger partial charge is 0.262 e. The Balaban J connectivity index is 2.08. The van der Waals surface area contributed by atoms with E-state index in [1.807, 2.05) is 0 Å². The number of sulfonamides is 1. The zero-order chi connectivity index (χ0) is 20.2. The molecule has 0 saturated heterocycles. The molecule has 2 aromatic carbocycles. The van der Waals surface area contributed by atoms with Crippen LogP contribution in [0.1, 0.15) is 17.3 Å². The lowest BCUT2D eigenvalue weighted by atomic mass is 10.1. The second kappa shape index (κ2) is 8.64. The van der Waals surface area contributed by atoms with Crippen LogP contribution in [0.2, 0.25) is 0 Å². The third kappa shape index (κ3) is 5.38. The molecule has 0 aliphatic heterocycles. The standard InChI is InChI=1S/C18H19BrN2O5S/c1-12(22)16-9-13(19)7-8-17(16)26-11-18(23)20-14-5-4-6-15(10-14)27(24,25)21(2)3/h4-10H,11H2,1-3H3,(H,20,23). The Labute approximate surface area is 166 Å². The predicted molar refractivity (Wildman–Crippen MR) is 106 cm³/mol. The molecule has 0 radical (unpaired) electrons. The van der Waals surface area contributed by atoms with E-state index in [1.165, 1.54) is 39.2 Å². The lowest BCUT2D eigenvalue weighted by molar-refractivity contribution is -0.118. The molecule has 0 aliphatic rings. The molecule has 0 bridgehead atoms. The van der Waals surface area contributed by atoms with E-state index in [9.17, 15) is 18.0 Å². The summed E-state index contributed by atoms with van der Waals surface area (Å²) in [5.74, 6) is -0.370. The average Bonchev–Trinajstić information content (AvgIpc) is 2.60. The fraction of sp³-hybridized carbons (Fsp3) is 0.222. The first-order valence-electron chi connectivity index (χ1n) is 7.87. The molecule has 0 saturated carbocycles. The van der Waals surface area contributed by atoms with E-state index in [-0.39, 0.29) is 17.3 Å². The number of rotatable bonds is 7. The Morgan fingerprint density at radius 2 is 1.85 bits per heavy atom. The van der Waals surface area contributed by atoms with Crippen molar-refractivity contribution < 1.29 is 22.7 Å². The van der Waals surface area contributed by atoms with Crippen molar-refractivity contribution in [3.05, 3.63) is 52.5 Å². The maximum atomic E-state index is 12.2. The van der Waals surface area contributed by atoms with Crippen LogP contribution in [0.4, 0.5) is 5.69 Å². The summed E-state index contributed by atoms with van der Waals surface area (Å²) in [4.78, 5) is 23.9. The Morgan fingerprint density at radius 3 is 2.48 bits per heavy atom. The van der Waals surface area contributed by atoms with Gasteiger partial charge in [-0.15, -0.1) is 0 Å². The quantitative estimate of drug-likeness (QED) is 0.649. The summed E-state index contributed by atoms with van der Waals surface area (Å²) >= 11 is 3.28. The van der Waals surface area contributed by atoms with Gasteiger partial charge in [-0.05, 0) is 43.3 Å². The van der Waals surface area contributed by atoms with Crippen LogP contribution in [-0.4, -0.2) is 45.1 Å². The monoisotopic (exact) mass is 454 g/mol. The lowest BCUT2D eigenvalue weighted by Gasteiger charge is -2.13. The molecule has 0 fully saturated rings.